The van der Waals surface area contributed by atoms with E-state index in [1.165, 1.54) is 12.8 Å². The van der Waals surface area contributed by atoms with Crippen molar-refractivity contribution in [2.24, 2.45) is 16.7 Å². The fraction of sp³-hybridized carbons (Fsp3) is 0.875. The van der Waals surface area contributed by atoms with E-state index in [2.05, 4.69) is 62.0 Å². The summed E-state index contributed by atoms with van der Waals surface area (Å²) in [5.74, 6) is 0.863. The molecule has 0 aliphatic carbocycles. The molecule has 0 bridgehead atoms. The molecule has 1 atom stereocenters. The van der Waals surface area contributed by atoms with Crippen LogP contribution in [0, 0.1) is 16.7 Å². The Labute approximate surface area is 105 Å². The Morgan fingerprint density at radius 1 is 1.06 bits per heavy atom. The van der Waals surface area contributed by atoms with Gasteiger partial charge in [0.2, 0.25) is 0 Å². The van der Waals surface area contributed by atoms with Gasteiger partial charge in [0, 0.05) is 0 Å². The first kappa shape index (κ1) is 18.1. The van der Waals surface area contributed by atoms with Gasteiger partial charge in [0.15, 0.2) is 0 Å². The van der Waals surface area contributed by atoms with Crippen molar-refractivity contribution in [1.29, 1.82) is 0 Å². The monoisotopic (exact) mass is 226 g/mol. The van der Waals surface area contributed by atoms with Crippen molar-refractivity contribution in [3.8, 4) is 0 Å². The van der Waals surface area contributed by atoms with Crippen molar-refractivity contribution < 1.29 is 0 Å². The second-order valence-electron chi connectivity index (χ2n) is 6.70. The molecular formula is C16H34. The maximum absolute atomic E-state index is 3.65. The number of allylic oxidation sites excluding steroid dienone is 1. The highest BCUT2D eigenvalue weighted by molar-refractivity contribution is 4.75. The Morgan fingerprint density at radius 3 is 1.56 bits per heavy atom. The average molecular weight is 226 g/mol. The third-order valence-electron chi connectivity index (χ3n) is 3.61. The van der Waals surface area contributed by atoms with Crippen LogP contribution in [0.5, 0.6) is 0 Å². The van der Waals surface area contributed by atoms with Gasteiger partial charge in [-0.1, -0.05) is 74.3 Å². The molecular weight excluding hydrogens is 192 g/mol. The van der Waals surface area contributed by atoms with E-state index in [-0.39, 0.29) is 0 Å². The lowest BCUT2D eigenvalue weighted by atomic mass is 9.77. The predicted molar refractivity (Wildman–Crippen MR) is 77.8 cm³/mol. The SMILES string of the molecule is C=CCC(C)(C)C.CCC(C)C(C)(C)CC. The molecule has 0 aliphatic heterocycles. The standard InChI is InChI=1S/C9H20.C7H14/c1-6-8(3)9(4,5)7-2;1-5-6-7(2,3)4/h8H,6-7H2,1-5H3;5H,1,6H2,2-4H3. The van der Waals surface area contributed by atoms with Gasteiger partial charge in [-0.2, -0.15) is 0 Å². The molecule has 0 radical (unpaired) electrons. The summed E-state index contributed by atoms with van der Waals surface area (Å²) in [6, 6.07) is 0. The summed E-state index contributed by atoms with van der Waals surface area (Å²) >= 11 is 0. The molecule has 0 saturated carbocycles. The zero-order valence-electron chi connectivity index (χ0n) is 13.0. The molecule has 0 spiro atoms. The Hall–Kier alpha value is -0.260. The number of rotatable bonds is 4. The van der Waals surface area contributed by atoms with E-state index in [1.54, 1.807) is 0 Å². The van der Waals surface area contributed by atoms with E-state index in [1.807, 2.05) is 6.08 Å². The van der Waals surface area contributed by atoms with Crippen molar-refractivity contribution in [3.05, 3.63) is 12.7 Å². The minimum Gasteiger partial charge on any atom is -0.103 e. The minimum absolute atomic E-state index is 0.432. The summed E-state index contributed by atoms with van der Waals surface area (Å²) in [4.78, 5) is 0. The van der Waals surface area contributed by atoms with Crippen LogP contribution < -0.4 is 0 Å². The van der Waals surface area contributed by atoms with Crippen molar-refractivity contribution in [3.63, 3.8) is 0 Å². The molecule has 0 heterocycles. The van der Waals surface area contributed by atoms with Gasteiger partial charge in [0.1, 0.15) is 0 Å². The molecule has 0 aromatic heterocycles. The molecule has 0 aromatic rings. The molecule has 0 saturated heterocycles. The average Bonchev–Trinajstić information content (AvgIpc) is 2.15. The summed E-state index contributed by atoms with van der Waals surface area (Å²) in [7, 11) is 0. The van der Waals surface area contributed by atoms with Gasteiger partial charge in [-0.05, 0) is 23.2 Å². The summed E-state index contributed by atoms with van der Waals surface area (Å²) in [6.07, 6.45) is 5.66. The first-order valence-corrected chi connectivity index (χ1v) is 6.71. The second-order valence-corrected chi connectivity index (χ2v) is 6.70. The van der Waals surface area contributed by atoms with Crippen LogP contribution in [0.4, 0.5) is 0 Å². The van der Waals surface area contributed by atoms with E-state index >= 15 is 0 Å². The van der Waals surface area contributed by atoms with Crippen LogP contribution in [-0.4, -0.2) is 0 Å². The first-order chi connectivity index (χ1) is 7.10. The lowest BCUT2D eigenvalue weighted by molar-refractivity contribution is 0.215. The topological polar surface area (TPSA) is 0 Å². The molecule has 0 nitrogen and oxygen atoms in total. The van der Waals surface area contributed by atoms with Gasteiger partial charge in [0.05, 0.1) is 0 Å². The van der Waals surface area contributed by atoms with Crippen molar-refractivity contribution in [2.45, 2.75) is 74.7 Å². The Balaban J connectivity index is 0. The fourth-order valence-corrected chi connectivity index (χ4v) is 1.33. The van der Waals surface area contributed by atoms with Crippen LogP contribution in [-0.2, 0) is 0 Å². The molecule has 0 N–H and O–H groups in total. The van der Waals surface area contributed by atoms with E-state index < -0.39 is 0 Å². The smallest absolute Gasteiger partial charge is 0.0304 e. The van der Waals surface area contributed by atoms with Crippen LogP contribution in [0.25, 0.3) is 0 Å². The van der Waals surface area contributed by atoms with Crippen LogP contribution in [0.2, 0.25) is 0 Å². The first-order valence-electron chi connectivity index (χ1n) is 6.71. The molecule has 98 valence electrons. The van der Waals surface area contributed by atoms with Gasteiger partial charge >= 0.3 is 0 Å². The van der Waals surface area contributed by atoms with Gasteiger partial charge in [-0.15, -0.1) is 6.58 Å². The third kappa shape index (κ3) is 10.3. The van der Waals surface area contributed by atoms with Crippen LogP contribution in [0.3, 0.4) is 0 Å². The lowest BCUT2D eigenvalue weighted by Gasteiger charge is -2.29. The second kappa shape index (κ2) is 7.92. The van der Waals surface area contributed by atoms with Crippen LogP contribution >= 0.6 is 0 Å². The summed E-state index contributed by atoms with van der Waals surface area (Å²) in [5.41, 5.74) is 0.983. The zero-order valence-corrected chi connectivity index (χ0v) is 13.0. The normalized spacial score (nSPS) is 13.8. The van der Waals surface area contributed by atoms with Crippen molar-refractivity contribution >= 4 is 0 Å². The van der Waals surface area contributed by atoms with Crippen LogP contribution in [0.15, 0.2) is 12.7 Å². The fourth-order valence-electron chi connectivity index (χ4n) is 1.33. The highest BCUT2D eigenvalue weighted by atomic mass is 14.3. The number of hydrogen-bond donors (Lipinski definition) is 0. The Morgan fingerprint density at radius 2 is 1.50 bits per heavy atom. The molecule has 0 amide bonds. The maximum Gasteiger partial charge on any atom is -0.0304 e. The van der Waals surface area contributed by atoms with Gasteiger partial charge in [-0.25, -0.2) is 0 Å². The molecule has 0 heteroatoms. The van der Waals surface area contributed by atoms with Crippen LogP contribution in [0.1, 0.15) is 74.7 Å². The molecule has 0 rings (SSSR count). The van der Waals surface area contributed by atoms with Crippen molar-refractivity contribution in [2.75, 3.05) is 0 Å². The van der Waals surface area contributed by atoms with E-state index in [0.717, 1.165) is 12.3 Å². The lowest BCUT2D eigenvalue weighted by Crippen LogP contribution is -2.19. The Kier molecular flexibility index (Phi) is 8.97. The largest absolute Gasteiger partial charge is 0.103 e. The molecule has 0 aliphatic rings. The summed E-state index contributed by atoms with van der Waals surface area (Å²) < 4.78 is 0. The van der Waals surface area contributed by atoms with Crippen molar-refractivity contribution in [1.82, 2.24) is 0 Å². The molecule has 0 aromatic carbocycles. The quantitative estimate of drug-likeness (QED) is 0.510. The van der Waals surface area contributed by atoms with E-state index in [9.17, 15) is 0 Å². The van der Waals surface area contributed by atoms with Gasteiger partial charge < -0.3 is 0 Å². The van der Waals surface area contributed by atoms with Gasteiger partial charge in [0.25, 0.3) is 0 Å². The highest BCUT2D eigenvalue weighted by Crippen LogP contribution is 2.31. The Bertz CT molecular complexity index is 169. The summed E-state index contributed by atoms with van der Waals surface area (Å²) in [5, 5.41) is 0. The minimum atomic E-state index is 0.432. The maximum atomic E-state index is 3.65. The predicted octanol–water partition coefficient (Wildman–Crippen LogP) is 6.08. The number of hydrogen-bond acceptors (Lipinski definition) is 0. The molecule has 16 heavy (non-hydrogen) atoms. The molecule has 0 fully saturated rings. The van der Waals surface area contributed by atoms with Gasteiger partial charge in [-0.3, -0.25) is 0 Å². The highest BCUT2D eigenvalue weighted by Gasteiger charge is 2.21. The van der Waals surface area contributed by atoms with E-state index in [0.29, 0.717) is 10.8 Å². The van der Waals surface area contributed by atoms with E-state index in [4.69, 9.17) is 0 Å². The summed E-state index contributed by atoms with van der Waals surface area (Å²) in [6.45, 7) is 21.8. The third-order valence-corrected chi connectivity index (χ3v) is 3.61. The zero-order chi connectivity index (χ0) is 13.4. The molecule has 1 unspecified atom stereocenters.